The zero-order valence-corrected chi connectivity index (χ0v) is 17.9. The number of anilines is 1. The lowest BCUT2D eigenvalue weighted by Gasteiger charge is -2.28. The number of para-hydroxylation sites is 1. The standard InChI is InChI=1S/C20H19N3O2S3/c1-22-19(25)17-12-5-4-8-14(12)28-18(17)21-20(22)27-11-16(24)23-9-10-26-15-7-3-2-6-13(15)23/h2-3,6-7H,4-5,8-11H2,1H3. The van der Waals surface area contributed by atoms with Gasteiger partial charge < -0.3 is 4.90 Å². The van der Waals surface area contributed by atoms with Gasteiger partial charge in [0.15, 0.2) is 5.16 Å². The van der Waals surface area contributed by atoms with Crippen LogP contribution in [0, 0.1) is 0 Å². The van der Waals surface area contributed by atoms with Crippen molar-refractivity contribution in [2.75, 3.05) is 23.0 Å². The van der Waals surface area contributed by atoms with Crippen LogP contribution in [0.4, 0.5) is 5.69 Å². The van der Waals surface area contributed by atoms with Gasteiger partial charge in [-0.1, -0.05) is 23.9 Å². The SMILES string of the molecule is Cn1c(SCC(=O)N2CCSc3ccccc32)nc2sc3c(c2c1=O)CCC3. The summed E-state index contributed by atoms with van der Waals surface area (Å²) in [5.41, 5.74) is 2.19. The van der Waals surface area contributed by atoms with E-state index in [1.165, 1.54) is 22.2 Å². The molecule has 0 unspecified atom stereocenters. The highest BCUT2D eigenvalue weighted by Crippen LogP contribution is 2.36. The summed E-state index contributed by atoms with van der Waals surface area (Å²) in [5.74, 6) is 1.23. The minimum atomic E-state index is 0.0130. The van der Waals surface area contributed by atoms with Gasteiger partial charge in [0.2, 0.25) is 5.91 Å². The smallest absolute Gasteiger partial charge is 0.262 e. The summed E-state index contributed by atoms with van der Waals surface area (Å²) in [6, 6.07) is 8.02. The molecular formula is C20H19N3O2S3. The molecule has 0 spiro atoms. The van der Waals surface area contributed by atoms with Crippen molar-refractivity contribution in [1.82, 2.24) is 9.55 Å². The Morgan fingerprint density at radius 1 is 1.29 bits per heavy atom. The molecule has 0 N–H and O–H groups in total. The molecule has 28 heavy (non-hydrogen) atoms. The van der Waals surface area contributed by atoms with E-state index in [1.807, 2.05) is 23.1 Å². The Hall–Kier alpha value is -1.77. The Morgan fingerprint density at radius 2 is 2.14 bits per heavy atom. The largest absolute Gasteiger partial charge is 0.310 e. The number of carbonyl (C=O) groups excluding carboxylic acids is 1. The minimum absolute atomic E-state index is 0.0130. The fraction of sp³-hybridized carbons (Fsp3) is 0.350. The second-order valence-electron chi connectivity index (χ2n) is 6.95. The summed E-state index contributed by atoms with van der Waals surface area (Å²) in [5, 5.41) is 1.41. The molecule has 5 nitrogen and oxygen atoms in total. The second-order valence-corrected chi connectivity index (χ2v) is 10.1. The molecule has 0 saturated carbocycles. The Bertz CT molecular complexity index is 1150. The quantitative estimate of drug-likeness (QED) is 0.469. The van der Waals surface area contributed by atoms with E-state index in [2.05, 4.69) is 6.07 Å². The topological polar surface area (TPSA) is 55.2 Å². The summed E-state index contributed by atoms with van der Waals surface area (Å²) in [6.45, 7) is 0.712. The molecule has 0 bridgehead atoms. The first-order chi connectivity index (χ1) is 13.6. The lowest BCUT2D eigenvalue weighted by molar-refractivity contribution is -0.116. The van der Waals surface area contributed by atoms with Gasteiger partial charge >= 0.3 is 0 Å². The zero-order chi connectivity index (χ0) is 19.3. The summed E-state index contributed by atoms with van der Waals surface area (Å²) in [7, 11) is 1.76. The molecule has 0 fully saturated rings. The van der Waals surface area contributed by atoms with Gasteiger partial charge in [-0.25, -0.2) is 4.98 Å². The van der Waals surface area contributed by atoms with E-state index in [4.69, 9.17) is 4.98 Å². The van der Waals surface area contributed by atoms with Crippen LogP contribution < -0.4 is 10.5 Å². The highest BCUT2D eigenvalue weighted by molar-refractivity contribution is 8.00. The molecule has 1 aromatic carbocycles. The number of aromatic nitrogens is 2. The van der Waals surface area contributed by atoms with Gasteiger partial charge in [-0.2, -0.15) is 0 Å². The Labute approximate surface area is 175 Å². The van der Waals surface area contributed by atoms with Crippen molar-refractivity contribution in [2.24, 2.45) is 7.05 Å². The second kappa shape index (κ2) is 7.24. The summed E-state index contributed by atoms with van der Waals surface area (Å²) < 4.78 is 1.60. The predicted molar refractivity (Wildman–Crippen MR) is 117 cm³/mol. The van der Waals surface area contributed by atoms with Crippen LogP contribution >= 0.6 is 34.9 Å². The van der Waals surface area contributed by atoms with Gasteiger partial charge in [-0.3, -0.25) is 14.2 Å². The molecule has 144 valence electrons. The average Bonchev–Trinajstić information content (AvgIpc) is 3.29. The van der Waals surface area contributed by atoms with E-state index < -0.39 is 0 Å². The first kappa shape index (κ1) is 18.3. The van der Waals surface area contributed by atoms with Crippen molar-refractivity contribution in [3.05, 3.63) is 45.1 Å². The number of carbonyl (C=O) groups is 1. The van der Waals surface area contributed by atoms with Gasteiger partial charge in [0.05, 0.1) is 16.8 Å². The number of thiophene rings is 1. The highest BCUT2D eigenvalue weighted by atomic mass is 32.2. The molecular weight excluding hydrogens is 410 g/mol. The van der Waals surface area contributed by atoms with Crippen molar-refractivity contribution in [2.45, 2.75) is 29.3 Å². The first-order valence-corrected chi connectivity index (χ1v) is 12.1. The Morgan fingerprint density at radius 3 is 3.04 bits per heavy atom. The third kappa shape index (κ3) is 2.98. The molecule has 0 saturated heterocycles. The molecule has 1 amide bonds. The zero-order valence-electron chi connectivity index (χ0n) is 15.4. The van der Waals surface area contributed by atoms with Crippen LogP contribution in [-0.2, 0) is 24.7 Å². The maximum Gasteiger partial charge on any atom is 0.262 e. The Balaban J connectivity index is 1.40. The summed E-state index contributed by atoms with van der Waals surface area (Å²) in [6.07, 6.45) is 3.15. The number of hydrogen-bond acceptors (Lipinski definition) is 6. The number of rotatable bonds is 3. The fourth-order valence-corrected chi connectivity index (χ4v) is 7.01. The molecule has 3 heterocycles. The maximum atomic E-state index is 12.9. The van der Waals surface area contributed by atoms with E-state index in [9.17, 15) is 9.59 Å². The molecule has 2 aliphatic rings. The van der Waals surface area contributed by atoms with E-state index >= 15 is 0 Å². The van der Waals surface area contributed by atoms with E-state index in [1.54, 1.807) is 34.7 Å². The highest BCUT2D eigenvalue weighted by Gasteiger charge is 2.25. The van der Waals surface area contributed by atoms with E-state index in [0.29, 0.717) is 11.7 Å². The third-order valence-electron chi connectivity index (χ3n) is 5.26. The maximum absolute atomic E-state index is 12.9. The van der Waals surface area contributed by atoms with Gasteiger partial charge in [0.1, 0.15) is 4.83 Å². The lowest BCUT2D eigenvalue weighted by atomic mass is 10.2. The van der Waals surface area contributed by atoms with Gasteiger partial charge in [0.25, 0.3) is 5.56 Å². The monoisotopic (exact) mass is 429 g/mol. The third-order valence-corrected chi connectivity index (χ3v) is 8.50. The number of amides is 1. The number of fused-ring (bicyclic) bond motifs is 4. The number of thioether (sulfide) groups is 2. The summed E-state index contributed by atoms with van der Waals surface area (Å²) >= 11 is 4.78. The number of nitrogens with zero attached hydrogens (tertiary/aromatic N) is 3. The van der Waals surface area contributed by atoms with Crippen molar-refractivity contribution in [3.63, 3.8) is 0 Å². The van der Waals surface area contributed by atoms with Crippen molar-refractivity contribution < 1.29 is 4.79 Å². The van der Waals surface area contributed by atoms with Crippen molar-refractivity contribution in [3.8, 4) is 0 Å². The van der Waals surface area contributed by atoms with Crippen molar-refractivity contribution >= 4 is 56.7 Å². The van der Waals surface area contributed by atoms with Gasteiger partial charge in [-0.05, 0) is 37.0 Å². The average molecular weight is 430 g/mol. The number of aryl methyl sites for hydroxylation is 2. The molecule has 0 atom stereocenters. The lowest BCUT2D eigenvalue weighted by Crippen LogP contribution is -2.36. The van der Waals surface area contributed by atoms with Gasteiger partial charge in [-0.15, -0.1) is 23.1 Å². The number of hydrogen-bond donors (Lipinski definition) is 0. The fourth-order valence-electron chi connectivity index (χ4n) is 3.87. The van der Waals surface area contributed by atoms with Crippen LogP contribution in [0.3, 0.4) is 0 Å². The van der Waals surface area contributed by atoms with Crippen LogP contribution in [0.15, 0.2) is 39.1 Å². The molecule has 1 aliphatic carbocycles. The van der Waals surface area contributed by atoms with Gasteiger partial charge in [0, 0.05) is 29.1 Å². The van der Waals surface area contributed by atoms with E-state index in [-0.39, 0.29) is 17.2 Å². The molecule has 5 rings (SSSR count). The van der Waals surface area contributed by atoms with Crippen LogP contribution in [0.25, 0.3) is 10.2 Å². The summed E-state index contributed by atoms with van der Waals surface area (Å²) in [4.78, 5) is 35.6. The van der Waals surface area contributed by atoms with Crippen LogP contribution in [0.2, 0.25) is 0 Å². The molecule has 3 aromatic rings. The van der Waals surface area contributed by atoms with Crippen LogP contribution in [0.5, 0.6) is 0 Å². The molecule has 1 aliphatic heterocycles. The number of benzene rings is 1. The molecule has 2 aromatic heterocycles. The molecule has 8 heteroatoms. The first-order valence-electron chi connectivity index (χ1n) is 9.30. The van der Waals surface area contributed by atoms with E-state index in [0.717, 1.165) is 45.8 Å². The van der Waals surface area contributed by atoms with Crippen molar-refractivity contribution in [1.29, 1.82) is 0 Å². The van der Waals surface area contributed by atoms with Crippen LogP contribution in [0.1, 0.15) is 16.9 Å². The minimum Gasteiger partial charge on any atom is -0.310 e. The van der Waals surface area contributed by atoms with Crippen LogP contribution in [-0.4, -0.2) is 33.5 Å². The predicted octanol–water partition coefficient (Wildman–Crippen LogP) is 3.71. The Kier molecular flexibility index (Phi) is 4.72. The molecule has 0 radical (unpaired) electrons. The normalized spacial score (nSPS) is 15.7.